The normalized spacial score (nSPS) is 39.7. The lowest BCUT2D eigenvalue weighted by Gasteiger charge is -2.76. The molecule has 4 saturated carbocycles. The fourth-order valence-corrected chi connectivity index (χ4v) is 10.8. The van der Waals surface area contributed by atoms with Crippen molar-refractivity contribution in [1.29, 1.82) is 0 Å². The molecule has 0 amide bonds. The molecular formula is C35H45NO4. The largest absolute Gasteiger partial charge is 0.493 e. The average molecular weight is 544 g/mol. The molecule has 2 aromatic carbocycles. The third kappa shape index (κ3) is 2.85. The number of nitrogens with zero attached hydrogens (tertiary/aromatic N) is 1. The quantitative estimate of drug-likeness (QED) is 0.453. The number of rotatable bonds is 7. The van der Waals surface area contributed by atoms with Crippen molar-refractivity contribution in [3.8, 4) is 11.5 Å². The molecule has 7 aliphatic rings. The van der Waals surface area contributed by atoms with E-state index >= 15 is 0 Å². The Morgan fingerprint density at radius 1 is 1.02 bits per heavy atom. The summed E-state index contributed by atoms with van der Waals surface area (Å²) < 4.78 is 19.9. The van der Waals surface area contributed by atoms with E-state index in [1.165, 1.54) is 36.1 Å². The van der Waals surface area contributed by atoms with E-state index in [0.29, 0.717) is 12.0 Å². The zero-order valence-electron chi connectivity index (χ0n) is 24.8. The minimum absolute atomic E-state index is 0.0311. The first-order valence-electron chi connectivity index (χ1n) is 15.7. The lowest BCUT2D eigenvalue weighted by atomic mass is 9.31. The van der Waals surface area contributed by atoms with Crippen LogP contribution in [0.3, 0.4) is 0 Å². The molecule has 0 unspecified atom stereocenters. The second-order valence-electron chi connectivity index (χ2n) is 14.6. The fourth-order valence-electron chi connectivity index (χ4n) is 10.8. The van der Waals surface area contributed by atoms with Crippen LogP contribution in [0.5, 0.6) is 11.5 Å². The van der Waals surface area contributed by atoms with Gasteiger partial charge in [0.15, 0.2) is 11.5 Å². The number of hydrogen-bond donors (Lipinski definition) is 1. The van der Waals surface area contributed by atoms with E-state index in [9.17, 15) is 5.11 Å². The van der Waals surface area contributed by atoms with Gasteiger partial charge in [-0.25, -0.2) is 0 Å². The van der Waals surface area contributed by atoms with Crippen molar-refractivity contribution in [3.63, 3.8) is 0 Å². The number of fused-ring (bicyclic) bond motifs is 2. The van der Waals surface area contributed by atoms with Crippen LogP contribution in [-0.4, -0.2) is 55.1 Å². The fraction of sp³-hybridized carbons (Fsp3) is 0.657. The number of aliphatic hydroxyl groups is 1. The first-order chi connectivity index (χ1) is 19.2. The van der Waals surface area contributed by atoms with Crippen LogP contribution in [0.4, 0.5) is 0 Å². The summed E-state index contributed by atoms with van der Waals surface area (Å²) in [6.07, 6.45) is 7.10. The number of aliphatic hydroxyl groups excluding tert-OH is 1. The van der Waals surface area contributed by atoms with E-state index in [-0.39, 0.29) is 16.9 Å². The molecule has 40 heavy (non-hydrogen) atoms. The summed E-state index contributed by atoms with van der Waals surface area (Å²) in [4.78, 5) is 2.86. The molecule has 2 heterocycles. The van der Waals surface area contributed by atoms with Gasteiger partial charge in [0.25, 0.3) is 0 Å². The van der Waals surface area contributed by atoms with Gasteiger partial charge in [0.2, 0.25) is 0 Å². The molecule has 1 saturated heterocycles. The second kappa shape index (κ2) is 8.26. The third-order valence-electron chi connectivity index (χ3n) is 12.8. The van der Waals surface area contributed by atoms with Gasteiger partial charge in [0, 0.05) is 41.5 Å². The molecule has 214 valence electrons. The number of benzene rings is 2. The van der Waals surface area contributed by atoms with Crippen molar-refractivity contribution in [1.82, 2.24) is 4.90 Å². The summed E-state index contributed by atoms with van der Waals surface area (Å²) in [6.45, 7) is 9.09. The van der Waals surface area contributed by atoms with Crippen LogP contribution in [0.25, 0.3) is 0 Å². The van der Waals surface area contributed by atoms with Gasteiger partial charge >= 0.3 is 0 Å². The minimum Gasteiger partial charge on any atom is -0.493 e. The standard InChI is InChI=1S/C35H45NO4/c1-21(2)23-8-10-24(11-9-23)30(37)32(3)20-33-14-15-35(32,39-5)31-34(33)16-17-36(19-22-6-7-22)27(33)18-25-12-13-26(38-4)29(40-31)28(25)34/h8-13,21-22,27,30-31,37H,6-7,14-20H2,1-5H3/t27-,30-,31-,32+,33-,34+,35+/m1/s1. The Morgan fingerprint density at radius 3 is 2.45 bits per heavy atom. The van der Waals surface area contributed by atoms with Crippen LogP contribution in [0, 0.1) is 16.7 Å². The van der Waals surface area contributed by atoms with Crippen LogP contribution < -0.4 is 9.47 Å². The monoisotopic (exact) mass is 543 g/mol. The molecule has 2 spiro atoms. The Hall–Kier alpha value is -2.08. The summed E-state index contributed by atoms with van der Waals surface area (Å²) >= 11 is 0. The van der Waals surface area contributed by atoms with E-state index in [0.717, 1.165) is 61.6 Å². The van der Waals surface area contributed by atoms with Crippen molar-refractivity contribution in [3.05, 3.63) is 58.7 Å². The van der Waals surface area contributed by atoms with Crippen LogP contribution in [-0.2, 0) is 16.6 Å². The first-order valence-corrected chi connectivity index (χ1v) is 15.7. The Kier molecular flexibility index (Phi) is 5.29. The molecule has 1 N–H and O–H groups in total. The highest BCUT2D eigenvalue weighted by Crippen LogP contribution is 2.80. The van der Waals surface area contributed by atoms with E-state index in [2.05, 4.69) is 62.1 Å². The third-order valence-corrected chi connectivity index (χ3v) is 12.8. The zero-order chi connectivity index (χ0) is 27.7. The van der Waals surface area contributed by atoms with Crippen molar-refractivity contribution < 1.29 is 19.3 Å². The SMILES string of the molecule is COc1ccc2c3c1O[C@H]1[C@@]4(OC)CC[C@@]5(C[C@@]4(C)[C@H](O)c4ccc(C(C)C)cc4)[C@@H](C2)N(CC2CC2)CC[C@]315. The van der Waals surface area contributed by atoms with Gasteiger partial charge in [-0.15, -0.1) is 0 Å². The molecule has 0 aromatic heterocycles. The first kappa shape index (κ1) is 25.6. The van der Waals surface area contributed by atoms with E-state index in [1.807, 2.05) is 7.11 Å². The highest BCUT2D eigenvalue weighted by Gasteiger charge is 2.84. The lowest BCUT2D eigenvalue weighted by molar-refractivity contribution is -0.324. The predicted octanol–water partition coefficient (Wildman–Crippen LogP) is 6.17. The maximum atomic E-state index is 12.4. The van der Waals surface area contributed by atoms with Gasteiger partial charge in [-0.3, -0.25) is 4.90 Å². The molecule has 5 fully saturated rings. The minimum atomic E-state index is -0.642. The van der Waals surface area contributed by atoms with Crippen LogP contribution in [0.1, 0.15) is 93.6 Å². The van der Waals surface area contributed by atoms with E-state index in [4.69, 9.17) is 14.2 Å². The van der Waals surface area contributed by atoms with Crippen molar-refractivity contribution in [2.45, 2.75) is 101 Å². The maximum Gasteiger partial charge on any atom is 0.165 e. The van der Waals surface area contributed by atoms with Crippen LogP contribution >= 0.6 is 0 Å². The maximum absolute atomic E-state index is 12.4. The van der Waals surface area contributed by atoms with Crippen molar-refractivity contribution >= 4 is 0 Å². The van der Waals surface area contributed by atoms with Gasteiger partial charge in [0.1, 0.15) is 11.7 Å². The highest BCUT2D eigenvalue weighted by molar-refractivity contribution is 5.64. The molecule has 4 bridgehead atoms. The Bertz CT molecular complexity index is 1350. The summed E-state index contributed by atoms with van der Waals surface area (Å²) in [5.41, 5.74) is 3.97. The molecule has 2 aromatic rings. The molecular weight excluding hydrogens is 498 g/mol. The zero-order valence-corrected chi connectivity index (χ0v) is 24.8. The second-order valence-corrected chi connectivity index (χ2v) is 14.6. The Balaban J connectivity index is 1.32. The number of piperidine rings is 1. The molecule has 5 heteroatoms. The predicted molar refractivity (Wildman–Crippen MR) is 155 cm³/mol. The average Bonchev–Trinajstić information content (AvgIpc) is 3.71. The Morgan fingerprint density at radius 2 is 1.77 bits per heavy atom. The van der Waals surface area contributed by atoms with Gasteiger partial charge in [-0.1, -0.05) is 51.1 Å². The smallest absolute Gasteiger partial charge is 0.165 e. The van der Waals surface area contributed by atoms with Crippen molar-refractivity contribution in [2.24, 2.45) is 16.7 Å². The Labute approximate surface area is 239 Å². The van der Waals surface area contributed by atoms with Gasteiger partial charge in [-0.2, -0.15) is 0 Å². The summed E-state index contributed by atoms with van der Waals surface area (Å²) in [5, 5.41) is 12.4. The molecule has 5 nitrogen and oxygen atoms in total. The van der Waals surface area contributed by atoms with Crippen LogP contribution in [0.2, 0.25) is 0 Å². The van der Waals surface area contributed by atoms with Crippen LogP contribution in [0.15, 0.2) is 36.4 Å². The number of methoxy groups -OCH3 is 2. The van der Waals surface area contributed by atoms with Gasteiger partial charge in [-0.05, 0) is 86.1 Å². The summed E-state index contributed by atoms with van der Waals surface area (Å²) in [6, 6.07) is 13.6. The highest BCUT2D eigenvalue weighted by atomic mass is 16.6. The number of ether oxygens (including phenoxy) is 3. The molecule has 9 rings (SSSR count). The topological polar surface area (TPSA) is 51.2 Å². The number of likely N-dealkylation sites (tertiary alicyclic amines) is 1. The molecule has 0 radical (unpaired) electrons. The lowest BCUT2D eigenvalue weighted by Crippen LogP contribution is -2.83. The number of hydrogen-bond acceptors (Lipinski definition) is 5. The molecule has 7 atom stereocenters. The summed E-state index contributed by atoms with van der Waals surface area (Å²) in [5.74, 6) is 3.11. The van der Waals surface area contributed by atoms with E-state index in [1.54, 1.807) is 7.11 Å². The van der Waals surface area contributed by atoms with Gasteiger partial charge < -0.3 is 19.3 Å². The summed E-state index contributed by atoms with van der Waals surface area (Å²) in [7, 11) is 3.63. The van der Waals surface area contributed by atoms with Crippen molar-refractivity contribution in [2.75, 3.05) is 27.3 Å². The van der Waals surface area contributed by atoms with E-state index < -0.39 is 17.1 Å². The van der Waals surface area contributed by atoms with Gasteiger partial charge in [0.05, 0.1) is 13.2 Å². The molecule has 5 aliphatic carbocycles. The molecule has 2 aliphatic heterocycles.